The largest absolute Gasteiger partial charge is 0.366 e. The van der Waals surface area contributed by atoms with Crippen LogP contribution >= 0.6 is 23.2 Å². The van der Waals surface area contributed by atoms with Gasteiger partial charge in [-0.1, -0.05) is 36.0 Å². The van der Waals surface area contributed by atoms with Gasteiger partial charge in [0.2, 0.25) is 0 Å². The lowest BCUT2D eigenvalue weighted by Gasteiger charge is -2.22. The van der Waals surface area contributed by atoms with Crippen molar-refractivity contribution in [3.05, 3.63) is 62.1 Å². The third-order valence-electron chi connectivity index (χ3n) is 4.56. The topological polar surface area (TPSA) is 75.5 Å². The fourth-order valence-electron chi connectivity index (χ4n) is 3.18. The van der Waals surface area contributed by atoms with Crippen molar-refractivity contribution in [2.75, 3.05) is 23.3 Å². The first kappa shape index (κ1) is 19.5. The van der Waals surface area contributed by atoms with Crippen LogP contribution in [0.15, 0.2) is 36.4 Å². The Labute approximate surface area is 167 Å². The Kier molecular flexibility index (Phi) is 6.19. The van der Waals surface area contributed by atoms with E-state index >= 15 is 0 Å². The molecular weight excluding hydrogens is 389 g/mol. The van der Waals surface area contributed by atoms with Crippen molar-refractivity contribution in [2.45, 2.75) is 25.7 Å². The number of amides is 1. The number of carbonyl (C=O) groups is 1. The van der Waals surface area contributed by atoms with E-state index in [1.54, 1.807) is 24.3 Å². The van der Waals surface area contributed by atoms with E-state index in [4.69, 9.17) is 23.2 Å². The zero-order valence-corrected chi connectivity index (χ0v) is 16.1. The summed E-state index contributed by atoms with van der Waals surface area (Å²) in [4.78, 5) is 25.7. The number of nitro benzene ring substituents is 1. The number of halogens is 2. The van der Waals surface area contributed by atoms with Crippen molar-refractivity contribution in [1.82, 2.24) is 0 Å². The number of nitrogens with one attached hydrogen (secondary N) is 1. The van der Waals surface area contributed by atoms with Gasteiger partial charge >= 0.3 is 0 Å². The summed E-state index contributed by atoms with van der Waals surface area (Å²) in [5.41, 5.74) is 1.03. The lowest BCUT2D eigenvalue weighted by atomic mass is 10.1. The number of carbonyl (C=O) groups excluding carboxylic acids is 1. The van der Waals surface area contributed by atoms with Gasteiger partial charge in [0.1, 0.15) is 5.69 Å². The lowest BCUT2D eigenvalue weighted by molar-refractivity contribution is -0.384. The number of nitrogens with zero attached hydrogens (tertiary/aromatic N) is 2. The zero-order valence-electron chi connectivity index (χ0n) is 14.6. The summed E-state index contributed by atoms with van der Waals surface area (Å²) in [7, 11) is 0. The van der Waals surface area contributed by atoms with Gasteiger partial charge in [0.05, 0.1) is 15.6 Å². The predicted octanol–water partition coefficient (Wildman–Crippen LogP) is 5.53. The quantitative estimate of drug-likeness (QED) is 0.533. The number of hydrogen-bond acceptors (Lipinski definition) is 4. The average Bonchev–Trinajstić information content (AvgIpc) is 2.93. The van der Waals surface area contributed by atoms with Crippen LogP contribution in [0.5, 0.6) is 0 Å². The van der Waals surface area contributed by atoms with Crippen LogP contribution in [0, 0.1) is 10.1 Å². The maximum Gasteiger partial charge on any atom is 0.293 e. The molecule has 1 fully saturated rings. The minimum Gasteiger partial charge on any atom is -0.366 e. The first-order valence-electron chi connectivity index (χ1n) is 8.75. The Morgan fingerprint density at radius 1 is 1.04 bits per heavy atom. The van der Waals surface area contributed by atoms with Crippen LogP contribution in [0.25, 0.3) is 0 Å². The molecule has 2 aromatic carbocycles. The standard InChI is InChI=1S/C19H19Cl2N3O3/c20-14-6-7-15(21)16(12-14)22-19(25)13-5-8-17(18(11-13)24(26)27)23-9-3-1-2-4-10-23/h5-8,11-12H,1-4,9-10H2,(H,22,25). The fourth-order valence-corrected chi connectivity index (χ4v) is 3.51. The molecule has 1 heterocycles. The van der Waals surface area contributed by atoms with Crippen molar-refractivity contribution in [3.8, 4) is 0 Å². The van der Waals surface area contributed by atoms with Crippen molar-refractivity contribution in [2.24, 2.45) is 0 Å². The van der Waals surface area contributed by atoms with Gasteiger partial charge in [-0.25, -0.2) is 0 Å². The smallest absolute Gasteiger partial charge is 0.293 e. The van der Waals surface area contributed by atoms with Crippen molar-refractivity contribution in [3.63, 3.8) is 0 Å². The minimum absolute atomic E-state index is 0.0678. The molecule has 0 unspecified atom stereocenters. The Hall–Kier alpha value is -2.31. The Morgan fingerprint density at radius 2 is 1.74 bits per heavy atom. The van der Waals surface area contributed by atoms with E-state index in [2.05, 4.69) is 5.32 Å². The van der Waals surface area contributed by atoms with E-state index in [1.807, 2.05) is 4.90 Å². The molecular formula is C19H19Cl2N3O3. The SMILES string of the molecule is O=C(Nc1cc(Cl)ccc1Cl)c1ccc(N2CCCCCC2)c([N+](=O)[O-])c1. The summed E-state index contributed by atoms with van der Waals surface area (Å²) in [5, 5.41) is 15.0. The molecule has 2 aromatic rings. The van der Waals surface area contributed by atoms with E-state index in [0.29, 0.717) is 21.4 Å². The summed E-state index contributed by atoms with van der Waals surface area (Å²) < 4.78 is 0. The molecule has 142 valence electrons. The van der Waals surface area contributed by atoms with Gasteiger partial charge in [0.25, 0.3) is 11.6 Å². The van der Waals surface area contributed by atoms with Crippen LogP contribution in [0.4, 0.5) is 17.1 Å². The number of rotatable bonds is 4. The predicted molar refractivity (Wildman–Crippen MR) is 108 cm³/mol. The molecule has 1 N–H and O–H groups in total. The third kappa shape index (κ3) is 4.70. The van der Waals surface area contributed by atoms with Gasteiger partial charge in [-0.3, -0.25) is 14.9 Å². The first-order valence-corrected chi connectivity index (χ1v) is 9.51. The Morgan fingerprint density at radius 3 is 2.41 bits per heavy atom. The lowest BCUT2D eigenvalue weighted by Crippen LogP contribution is -2.25. The van der Waals surface area contributed by atoms with Crippen LogP contribution in [0.2, 0.25) is 10.0 Å². The van der Waals surface area contributed by atoms with Crippen molar-refractivity contribution < 1.29 is 9.72 Å². The number of benzene rings is 2. The molecule has 0 aliphatic carbocycles. The van der Waals surface area contributed by atoms with Gasteiger partial charge in [0, 0.05) is 29.7 Å². The molecule has 0 atom stereocenters. The van der Waals surface area contributed by atoms with Gasteiger partial charge in [-0.05, 0) is 43.2 Å². The second-order valence-electron chi connectivity index (χ2n) is 6.44. The summed E-state index contributed by atoms with van der Waals surface area (Å²) in [6.45, 7) is 1.56. The number of anilines is 2. The van der Waals surface area contributed by atoms with Crippen LogP contribution in [-0.4, -0.2) is 23.9 Å². The third-order valence-corrected chi connectivity index (χ3v) is 5.12. The highest BCUT2D eigenvalue weighted by atomic mass is 35.5. The van der Waals surface area contributed by atoms with Gasteiger partial charge in [-0.15, -0.1) is 0 Å². The van der Waals surface area contributed by atoms with Crippen LogP contribution in [-0.2, 0) is 0 Å². The van der Waals surface area contributed by atoms with Gasteiger partial charge in [-0.2, -0.15) is 0 Å². The molecule has 1 saturated heterocycles. The summed E-state index contributed by atoms with van der Waals surface area (Å²) in [5.74, 6) is -0.482. The number of nitro groups is 1. The van der Waals surface area contributed by atoms with Crippen molar-refractivity contribution >= 4 is 46.2 Å². The van der Waals surface area contributed by atoms with Gasteiger partial charge in [0.15, 0.2) is 0 Å². The monoisotopic (exact) mass is 407 g/mol. The molecule has 1 amide bonds. The normalized spacial score (nSPS) is 14.5. The molecule has 3 rings (SSSR count). The summed E-state index contributed by atoms with van der Waals surface area (Å²) in [6, 6.07) is 9.28. The molecule has 8 heteroatoms. The highest BCUT2D eigenvalue weighted by molar-refractivity contribution is 6.35. The van der Waals surface area contributed by atoms with Crippen molar-refractivity contribution in [1.29, 1.82) is 0 Å². The first-order chi connectivity index (χ1) is 13.0. The second kappa shape index (κ2) is 8.59. The van der Waals surface area contributed by atoms with E-state index < -0.39 is 10.8 Å². The molecule has 0 saturated carbocycles. The van der Waals surface area contributed by atoms with E-state index in [-0.39, 0.29) is 11.3 Å². The molecule has 0 bridgehead atoms. The number of hydrogen-bond donors (Lipinski definition) is 1. The molecule has 0 aromatic heterocycles. The van der Waals surface area contributed by atoms with Crippen LogP contribution in [0.1, 0.15) is 36.0 Å². The maximum atomic E-state index is 12.5. The van der Waals surface area contributed by atoms with Crippen LogP contribution < -0.4 is 10.2 Å². The maximum absolute atomic E-state index is 12.5. The molecule has 27 heavy (non-hydrogen) atoms. The average molecular weight is 408 g/mol. The molecule has 0 radical (unpaired) electrons. The summed E-state index contributed by atoms with van der Waals surface area (Å²) in [6.07, 6.45) is 4.27. The van der Waals surface area contributed by atoms with Crippen LogP contribution in [0.3, 0.4) is 0 Å². The highest BCUT2D eigenvalue weighted by Gasteiger charge is 2.23. The Bertz CT molecular complexity index is 865. The molecule has 6 nitrogen and oxygen atoms in total. The Balaban J connectivity index is 1.87. The highest BCUT2D eigenvalue weighted by Crippen LogP contribution is 2.32. The summed E-state index contributed by atoms with van der Waals surface area (Å²) >= 11 is 12.0. The zero-order chi connectivity index (χ0) is 19.4. The second-order valence-corrected chi connectivity index (χ2v) is 7.28. The minimum atomic E-state index is -0.482. The fraction of sp³-hybridized carbons (Fsp3) is 0.316. The van der Waals surface area contributed by atoms with E-state index in [9.17, 15) is 14.9 Å². The molecule has 0 spiro atoms. The van der Waals surface area contributed by atoms with Gasteiger partial charge < -0.3 is 10.2 Å². The molecule has 1 aliphatic heterocycles. The molecule has 1 aliphatic rings. The van der Waals surface area contributed by atoms with E-state index in [0.717, 1.165) is 38.8 Å². The van der Waals surface area contributed by atoms with E-state index in [1.165, 1.54) is 12.1 Å².